The summed E-state index contributed by atoms with van der Waals surface area (Å²) in [5.74, 6) is 1.35. The van der Waals surface area contributed by atoms with Gasteiger partial charge in [-0.2, -0.15) is 0 Å². The van der Waals surface area contributed by atoms with Crippen LogP contribution >= 0.6 is 0 Å². The molecule has 6 heteroatoms. The second kappa shape index (κ2) is 5.58. The Balaban J connectivity index is 1.60. The van der Waals surface area contributed by atoms with Gasteiger partial charge in [0.2, 0.25) is 5.91 Å². The molecule has 2 saturated heterocycles. The van der Waals surface area contributed by atoms with Crippen molar-refractivity contribution in [3.05, 3.63) is 35.6 Å². The third-order valence-electron chi connectivity index (χ3n) is 7.11. The van der Waals surface area contributed by atoms with Crippen LogP contribution in [0, 0.1) is 11.8 Å². The van der Waals surface area contributed by atoms with Crippen molar-refractivity contribution in [3.8, 4) is 5.75 Å². The molecule has 1 N–H and O–H groups in total. The molecule has 5 atom stereocenters. The molecule has 0 unspecified atom stereocenters. The number of anilines is 1. The number of hydrogen-bond donors (Lipinski definition) is 1. The maximum absolute atomic E-state index is 13.5. The van der Waals surface area contributed by atoms with Gasteiger partial charge in [-0.15, -0.1) is 0 Å². The van der Waals surface area contributed by atoms with Crippen molar-refractivity contribution in [3.63, 3.8) is 0 Å². The van der Waals surface area contributed by atoms with E-state index in [1.807, 2.05) is 25.2 Å². The number of carbonyl (C=O) groups is 2. The van der Waals surface area contributed by atoms with Crippen LogP contribution in [0.4, 0.5) is 5.69 Å². The molecular formula is C21H24N2O4. The fraction of sp³-hybridized carbons (Fsp3) is 0.524. The average Bonchev–Trinajstić information content (AvgIpc) is 3.09. The summed E-state index contributed by atoms with van der Waals surface area (Å²) >= 11 is 0. The zero-order chi connectivity index (χ0) is 18.9. The zero-order valence-corrected chi connectivity index (χ0v) is 15.8. The number of amides is 1. The number of hydrogen-bond acceptors (Lipinski definition) is 5. The van der Waals surface area contributed by atoms with E-state index >= 15 is 0 Å². The van der Waals surface area contributed by atoms with E-state index in [0.29, 0.717) is 6.61 Å². The maximum Gasteiger partial charge on any atom is 0.239 e. The number of Topliss-reactive ketones (excluding diaryl/α,β-unsaturated/α-hetero) is 1. The van der Waals surface area contributed by atoms with Gasteiger partial charge in [0.1, 0.15) is 5.75 Å². The summed E-state index contributed by atoms with van der Waals surface area (Å²) < 4.78 is 11.0. The molecule has 2 fully saturated rings. The first kappa shape index (κ1) is 16.8. The van der Waals surface area contributed by atoms with Crippen molar-refractivity contribution >= 4 is 17.4 Å². The van der Waals surface area contributed by atoms with E-state index in [1.54, 1.807) is 25.2 Å². The van der Waals surface area contributed by atoms with Crippen molar-refractivity contribution in [2.75, 3.05) is 25.7 Å². The molecule has 1 amide bonds. The molecule has 2 bridgehead atoms. The number of likely N-dealkylation sites (N-methyl/N-ethyl adjacent to an activating group) is 1. The molecule has 1 aromatic carbocycles. The summed E-state index contributed by atoms with van der Waals surface area (Å²) in [4.78, 5) is 27.4. The highest BCUT2D eigenvalue weighted by Crippen LogP contribution is 2.56. The molecule has 0 saturated carbocycles. The van der Waals surface area contributed by atoms with Gasteiger partial charge in [-0.3, -0.25) is 9.59 Å². The largest absolute Gasteiger partial charge is 0.500 e. The molecule has 4 heterocycles. The van der Waals surface area contributed by atoms with Crippen LogP contribution in [0.15, 0.2) is 30.0 Å². The Kier molecular flexibility index (Phi) is 3.47. The first-order valence-electron chi connectivity index (χ1n) is 9.52. The van der Waals surface area contributed by atoms with E-state index in [9.17, 15) is 9.59 Å². The van der Waals surface area contributed by atoms with Crippen molar-refractivity contribution in [2.45, 2.75) is 37.3 Å². The highest BCUT2D eigenvalue weighted by atomic mass is 16.5. The van der Waals surface area contributed by atoms with Gasteiger partial charge in [0.25, 0.3) is 0 Å². The third-order valence-corrected chi connectivity index (χ3v) is 7.11. The molecule has 5 rings (SSSR count). The molecule has 0 radical (unpaired) electrons. The van der Waals surface area contributed by atoms with Gasteiger partial charge in [0, 0.05) is 36.7 Å². The van der Waals surface area contributed by atoms with Crippen LogP contribution in [0.2, 0.25) is 0 Å². The lowest BCUT2D eigenvalue weighted by Gasteiger charge is -2.41. The lowest BCUT2D eigenvalue weighted by molar-refractivity contribution is -0.123. The highest BCUT2D eigenvalue weighted by molar-refractivity contribution is 6.09. The number of nitrogens with one attached hydrogen (secondary N) is 1. The lowest BCUT2D eigenvalue weighted by atomic mass is 9.72. The van der Waals surface area contributed by atoms with E-state index in [0.717, 1.165) is 35.4 Å². The topological polar surface area (TPSA) is 67.9 Å². The molecule has 6 nitrogen and oxygen atoms in total. The van der Waals surface area contributed by atoms with Crippen LogP contribution < -0.4 is 15.0 Å². The Labute approximate surface area is 158 Å². The van der Waals surface area contributed by atoms with Gasteiger partial charge in [-0.05, 0) is 37.3 Å². The summed E-state index contributed by atoms with van der Waals surface area (Å²) in [6.07, 6.45) is 3.17. The fourth-order valence-corrected chi connectivity index (χ4v) is 5.82. The number of methoxy groups -OCH3 is 1. The molecule has 27 heavy (non-hydrogen) atoms. The average molecular weight is 368 g/mol. The van der Waals surface area contributed by atoms with Gasteiger partial charge in [0.15, 0.2) is 5.78 Å². The van der Waals surface area contributed by atoms with Crippen LogP contribution in [0.25, 0.3) is 0 Å². The smallest absolute Gasteiger partial charge is 0.239 e. The van der Waals surface area contributed by atoms with Gasteiger partial charge < -0.3 is 19.7 Å². The number of ether oxygens (including phenoxy) is 2. The number of ketones is 1. The Morgan fingerprint density at radius 3 is 2.96 bits per heavy atom. The van der Waals surface area contributed by atoms with E-state index in [-0.39, 0.29) is 35.6 Å². The molecule has 4 aliphatic rings. The third kappa shape index (κ3) is 2.05. The molecule has 1 spiro atoms. The van der Waals surface area contributed by atoms with Gasteiger partial charge >= 0.3 is 0 Å². The Morgan fingerprint density at radius 2 is 2.22 bits per heavy atom. The number of allylic oxidation sites excluding steroid dienone is 1. The van der Waals surface area contributed by atoms with Gasteiger partial charge in [0.05, 0.1) is 31.1 Å². The molecule has 0 aromatic heterocycles. The minimum atomic E-state index is -0.569. The SMILES string of the molecule is COc1ccc2c(c1)N(C)C(=O)[C@@]21C[C@H]2N[C@@H]1C[C@@H]1C(C(C)=O)=COC[C@@H]12. The Morgan fingerprint density at radius 1 is 1.41 bits per heavy atom. The zero-order valence-electron chi connectivity index (χ0n) is 15.8. The van der Waals surface area contributed by atoms with Crippen molar-refractivity contribution in [1.82, 2.24) is 5.32 Å². The van der Waals surface area contributed by atoms with E-state index < -0.39 is 5.41 Å². The number of piperidine rings is 1. The summed E-state index contributed by atoms with van der Waals surface area (Å²) in [6, 6.07) is 6.12. The predicted molar refractivity (Wildman–Crippen MR) is 99.7 cm³/mol. The second-order valence-corrected chi connectivity index (χ2v) is 8.22. The van der Waals surface area contributed by atoms with Gasteiger partial charge in [-0.1, -0.05) is 6.07 Å². The minimum absolute atomic E-state index is 0.0224. The predicted octanol–water partition coefficient (Wildman–Crippen LogP) is 1.78. The lowest BCUT2D eigenvalue weighted by Crippen LogP contribution is -2.53. The number of fused-ring (bicyclic) bond motifs is 7. The van der Waals surface area contributed by atoms with Crippen LogP contribution in [-0.4, -0.2) is 44.5 Å². The highest BCUT2D eigenvalue weighted by Gasteiger charge is 2.64. The second-order valence-electron chi connectivity index (χ2n) is 8.22. The monoisotopic (exact) mass is 368 g/mol. The number of carbonyl (C=O) groups excluding carboxylic acids is 2. The molecule has 142 valence electrons. The van der Waals surface area contributed by atoms with E-state index in [2.05, 4.69) is 5.32 Å². The van der Waals surface area contributed by atoms with Crippen LogP contribution in [0.5, 0.6) is 5.75 Å². The van der Waals surface area contributed by atoms with Gasteiger partial charge in [-0.25, -0.2) is 0 Å². The summed E-state index contributed by atoms with van der Waals surface area (Å²) in [6.45, 7) is 2.20. The minimum Gasteiger partial charge on any atom is -0.500 e. The summed E-state index contributed by atoms with van der Waals surface area (Å²) in [7, 11) is 3.48. The van der Waals surface area contributed by atoms with Crippen LogP contribution in [-0.2, 0) is 19.7 Å². The standard InChI is InChI=1S/C21H24N2O4/c1-11(24)14-9-27-10-15-13(14)7-19-21(8-17(15)22-19)16-5-4-12(26-3)6-18(16)23(2)20(21)25/h4-6,9,13,15,17,19,22H,7-8,10H2,1-3H3/t13-,15+,17-,19-,21+/m1/s1. The molecule has 4 aliphatic heterocycles. The Bertz CT molecular complexity index is 879. The van der Waals surface area contributed by atoms with E-state index in [4.69, 9.17) is 9.47 Å². The van der Waals surface area contributed by atoms with Crippen molar-refractivity contribution in [2.24, 2.45) is 11.8 Å². The molecular weight excluding hydrogens is 344 g/mol. The maximum atomic E-state index is 13.5. The van der Waals surface area contributed by atoms with Crippen LogP contribution in [0.3, 0.4) is 0 Å². The first-order valence-corrected chi connectivity index (χ1v) is 9.52. The summed E-state index contributed by atoms with van der Waals surface area (Å²) in [5, 5.41) is 3.70. The first-order chi connectivity index (χ1) is 13.0. The quantitative estimate of drug-likeness (QED) is 0.862. The Hall–Kier alpha value is -2.34. The van der Waals surface area contributed by atoms with Crippen LogP contribution in [0.1, 0.15) is 25.3 Å². The summed E-state index contributed by atoms with van der Waals surface area (Å²) in [5.41, 5.74) is 2.20. The fourth-order valence-electron chi connectivity index (χ4n) is 5.82. The molecule has 1 aromatic rings. The van der Waals surface area contributed by atoms with Crippen molar-refractivity contribution < 1.29 is 19.1 Å². The van der Waals surface area contributed by atoms with E-state index in [1.165, 1.54) is 0 Å². The number of rotatable bonds is 2. The van der Waals surface area contributed by atoms with Crippen molar-refractivity contribution in [1.29, 1.82) is 0 Å². The normalized spacial score (nSPS) is 36.2. The molecule has 0 aliphatic carbocycles. The number of benzene rings is 1. The number of nitrogens with zero attached hydrogens (tertiary/aromatic N) is 1.